The predicted octanol–water partition coefficient (Wildman–Crippen LogP) is 1.66. The molecule has 0 saturated carbocycles. The van der Waals surface area contributed by atoms with Gasteiger partial charge in [-0.25, -0.2) is 0 Å². The maximum atomic E-state index is 12.3. The van der Waals surface area contributed by atoms with Crippen molar-refractivity contribution in [3.63, 3.8) is 0 Å². The quantitative estimate of drug-likeness (QED) is 0.774. The van der Waals surface area contributed by atoms with Crippen LogP contribution in [0.4, 0.5) is 5.69 Å². The highest BCUT2D eigenvalue weighted by molar-refractivity contribution is 8.00. The third kappa shape index (κ3) is 4.39. The number of anilines is 1. The molecule has 1 aromatic carbocycles. The van der Waals surface area contributed by atoms with Gasteiger partial charge in [0.25, 0.3) is 0 Å². The van der Waals surface area contributed by atoms with Gasteiger partial charge in [0.1, 0.15) is 6.04 Å². The summed E-state index contributed by atoms with van der Waals surface area (Å²) >= 11 is 3.20. The van der Waals surface area contributed by atoms with Crippen molar-refractivity contribution in [2.75, 3.05) is 28.7 Å². The summed E-state index contributed by atoms with van der Waals surface area (Å²) in [6, 6.07) is 7.05. The van der Waals surface area contributed by atoms with Crippen molar-refractivity contribution < 1.29 is 14.7 Å². The third-order valence-corrected chi connectivity index (χ3v) is 5.16. The highest BCUT2D eigenvalue weighted by Gasteiger charge is 2.22. The number of rotatable bonds is 6. The molecule has 0 radical (unpaired) electrons. The van der Waals surface area contributed by atoms with Crippen molar-refractivity contribution in [2.24, 2.45) is 5.73 Å². The molecule has 0 saturated heterocycles. The van der Waals surface area contributed by atoms with Gasteiger partial charge in [-0.1, -0.05) is 12.1 Å². The lowest BCUT2D eigenvalue weighted by molar-refractivity contribution is -0.138. The minimum Gasteiger partial charge on any atom is -0.480 e. The van der Waals surface area contributed by atoms with Crippen molar-refractivity contribution in [2.45, 2.75) is 17.4 Å². The molecule has 7 heteroatoms. The number of carboxylic acid groups (broad SMARTS) is 1. The SMILES string of the molecule is NC(CCSCC(=O)N1CCSc2ccccc21)C(=O)O. The summed E-state index contributed by atoms with van der Waals surface area (Å²) < 4.78 is 0. The molecule has 1 amide bonds. The second-order valence-electron chi connectivity index (χ2n) is 4.65. The zero-order valence-corrected chi connectivity index (χ0v) is 13.2. The normalized spacial score (nSPS) is 15.4. The largest absolute Gasteiger partial charge is 0.480 e. The standard InChI is InChI=1S/C14H18N2O3S2/c15-10(14(18)19)5-7-20-9-13(17)16-6-8-21-12-4-2-1-3-11(12)16/h1-4,10H,5-9,15H2,(H,18,19). The van der Waals surface area contributed by atoms with Crippen LogP contribution in [0.3, 0.4) is 0 Å². The second-order valence-corrected chi connectivity index (χ2v) is 6.89. The Morgan fingerprint density at radius 2 is 2.19 bits per heavy atom. The Hall–Kier alpha value is -1.18. The van der Waals surface area contributed by atoms with Gasteiger partial charge < -0.3 is 15.7 Å². The van der Waals surface area contributed by atoms with Gasteiger partial charge in [0.15, 0.2) is 0 Å². The lowest BCUT2D eigenvalue weighted by Crippen LogP contribution is -2.37. The molecule has 1 aromatic rings. The van der Waals surface area contributed by atoms with Gasteiger partial charge in [-0.2, -0.15) is 11.8 Å². The number of nitrogens with zero attached hydrogens (tertiary/aromatic N) is 1. The smallest absolute Gasteiger partial charge is 0.320 e. The van der Waals surface area contributed by atoms with E-state index in [0.29, 0.717) is 17.9 Å². The van der Waals surface area contributed by atoms with Crippen LogP contribution in [0, 0.1) is 0 Å². The van der Waals surface area contributed by atoms with E-state index >= 15 is 0 Å². The fourth-order valence-corrected chi connectivity index (χ4v) is 3.89. The van der Waals surface area contributed by atoms with Crippen molar-refractivity contribution in [1.29, 1.82) is 0 Å². The molecule has 5 nitrogen and oxygen atoms in total. The molecule has 0 spiro atoms. The molecule has 0 aromatic heterocycles. The van der Waals surface area contributed by atoms with E-state index in [1.54, 1.807) is 11.8 Å². The van der Waals surface area contributed by atoms with Crippen LogP contribution >= 0.6 is 23.5 Å². The van der Waals surface area contributed by atoms with Gasteiger partial charge in [0, 0.05) is 17.2 Å². The van der Waals surface area contributed by atoms with Crippen LogP contribution in [0.15, 0.2) is 29.2 Å². The van der Waals surface area contributed by atoms with E-state index in [1.165, 1.54) is 11.8 Å². The first kappa shape index (κ1) is 16.2. The Balaban J connectivity index is 1.83. The number of thioether (sulfide) groups is 2. The molecule has 0 fully saturated rings. The van der Waals surface area contributed by atoms with Crippen LogP contribution in [-0.2, 0) is 9.59 Å². The number of carbonyl (C=O) groups excluding carboxylic acids is 1. The van der Waals surface area contributed by atoms with Gasteiger partial charge in [-0.3, -0.25) is 9.59 Å². The van der Waals surface area contributed by atoms with Crippen molar-refractivity contribution in [3.05, 3.63) is 24.3 Å². The fourth-order valence-electron chi connectivity index (χ4n) is 2.00. The summed E-state index contributed by atoms with van der Waals surface area (Å²) in [5.41, 5.74) is 6.40. The Morgan fingerprint density at radius 1 is 1.43 bits per heavy atom. The van der Waals surface area contributed by atoms with Gasteiger partial charge in [-0.15, -0.1) is 11.8 Å². The summed E-state index contributed by atoms with van der Waals surface area (Å²) in [6.07, 6.45) is 0.375. The van der Waals surface area contributed by atoms with Gasteiger partial charge in [-0.05, 0) is 24.3 Å². The first-order valence-corrected chi connectivity index (χ1v) is 8.82. The maximum absolute atomic E-state index is 12.3. The van der Waals surface area contributed by atoms with Gasteiger partial charge >= 0.3 is 5.97 Å². The number of hydrogen-bond acceptors (Lipinski definition) is 5. The molecule has 1 heterocycles. The summed E-state index contributed by atoms with van der Waals surface area (Å²) in [5.74, 6) is 0.895. The van der Waals surface area contributed by atoms with E-state index in [4.69, 9.17) is 10.8 Å². The number of fused-ring (bicyclic) bond motifs is 1. The molecule has 1 atom stereocenters. The van der Waals surface area contributed by atoms with Crippen molar-refractivity contribution in [1.82, 2.24) is 0 Å². The molecule has 1 aliphatic rings. The number of hydrogen-bond donors (Lipinski definition) is 2. The minimum atomic E-state index is -0.996. The molecule has 21 heavy (non-hydrogen) atoms. The fraction of sp³-hybridized carbons (Fsp3) is 0.429. The van der Waals surface area contributed by atoms with E-state index < -0.39 is 12.0 Å². The molecule has 114 valence electrons. The molecular weight excluding hydrogens is 308 g/mol. The van der Waals surface area contributed by atoms with Gasteiger partial charge in [0.05, 0.1) is 11.4 Å². The molecule has 1 aliphatic heterocycles. The number of carbonyl (C=O) groups is 2. The van der Waals surface area contributed by atoms with E-state index in [-0.39, 0.29) is 5.91 Å². The van der Waals surface area contributed by atoms with E-state index in [0.717, 1.165) is 22.9 Å². The average molecular weight is 326 g/mol. The Bertz CT molecular complexity index is 525. The average Bonchev–Trinajstić information content (AvgIpc) is 2.50. The van der Waals surface area contributed by atoms with Crippen LogP contribution < -0.4 is 10.6 Å². The van der Waals surface area contributed by atoms with Gasteiger partial charge in [0.2, 0.25) is 5.91 Å². The van der Waals surface area contributed by atoms with Crippen molar-refractivity contribution in [3.8, 4) is 0 Å². The lowest BCUT2D eigenvalue weighted by atomic mass is 10.2. The number of amides is 1. The summed E-state index contributed by atoms with van der Waals surface area (Å²) in [5, 5.41) is 8.69. The number of nitrogens with two attached hydrogens (primary N) is 1. The minimum absolute atomic E-state index is 0.0663. The van der Waals surface area contributed by atoms with E-state index in [1.807, 2.05) is 29.2 Å². The maximum Gasteiger partial charge on any atom is 0.320 e. The lowest BCUT2D eigenvalue weighted by Gasteiger charge is -2.28. The topological polar surface area (TPSA) is 83.6 Å². The zero-order valence-electron chi connectivity index (χ0n) is 11.5. The molecular formula is C14H18N2O3S2. The van der Waals surface area contributed by atoms with Crippen LogP contribution in [0.2, 0.25) is 0 Å². The number of benzene rings is 1. The number of para-hydroxylation sites is 1. The number of aliphatic carboxylic acids is 1. The van der Waals surface area contributed by atoms with Crippen molar-refractivity contribution >= 4 is 41.1 Å². The molecule has 3 N–H and O–H groups in total. The first-order valence-electron chi connectivity index (χ1n) is 6.68. The molecule has 0 bridgehead atoms. The van der Waals surface area contributed by atoms with E-state index in [2.05, 4.69) is 0 Å². The third-order valence-electron chi connectivity index (χ3n) is 3.15. The van der Waals surface area contributed by atoms with Crippen LogP contribution in [0.5, 0.6) is 0 Å². The molecule has 2 rings (SSSR count). The van der Waals surface area contributed by atoms with Crippen LogP contribution in [0.25, 0.3) is 0 Å². The summed E-state index contributed by atoms with van der Waals surface area (Å²) in [6.45, 7) is 0.718. The molecule has 0 aliphatic carbocycles. The van der Waals surface area contributed by atoms with Crippen LogP contribution in [-0.4, -0.2) is 46.8 Å². The van der Waals surface area contributed by atoms with E-state index in [9.17, 15) is 9.59 Å². The molecule has 1 unspecified atom stereocenters. The van der Waals surface area contributed by atoms with Crippen LogP contribution in [0.1, 0.15) is 6.42 Å². The summed E-state index contributed by atoms with van der Waals surface area (Å²) in [7, 11) is 0. The first-order chi connectivity index (χ1) is 10.1. The number of carboxylic acids is 1. The Morgan fingerprint density at radius 3 is 2.95 bits per heavy atom. The Labute approximate surface area is 132 Å². The highest BCUT2D eigenvalue weighted by Crippen LogP contribution is 2.34. The Kier molecular flexibility index (Phi) is 5.96. The highest BCUT2D eigenvalue weighted by atomic mass is 32.2. The predicted molar refractivity (Wildman–Crippen MR) is 87.1 cm³/mol. The monoisotopic (exact) mass is 326 g/mol. The second kappa shape index (κ2) is 7.72. The zero-order chi connectivity index (χ0) is 15.2. The summed E-state index contributed by atoms with van der Waals surface area (Å²) in [4.78, 5) is 25.8.